The molecule has 1 amide bonds. The minimum atomic E-state index is -4.08. The number of carbonyl (C=O) groups excluding carboxylic acids is 2. The topological polar surface area (TPSA) is 102 Å². The van der Waals surface area contributed by atoms with Gasteiger partial charge in [0.1, 0.15) is 5.78 Å². The molecule has 1 atom stereocenters. The highest BCUT2D eigenvalue weighted by atomic mass is 32.2. The lowest BCUT2D eigenvalue weighted by Crippen LogP contribution is -2.47. The average Bonchev–Trinajstić information content (AvgIpc) is 2.12. The molecule has 7 nitrogen and oxygen atoms in total. The third-order valence-electron chi connectivity index (χ3n) is 1.72. The van der Waals surface area contributed by atoms with Gasteiger partial charge in [-0.15, -0.1) is 0 Å². The predicted molar refractivity (Wildman–Crippen MR) is 61.6 cm³/mol. The van der Waals surface area contributed by atoms with E-state index in [9.17, 15) is 18.0 Å². The van der Waals surface area contributed by atoms with E-state index in [1.165, 1.54) is 6.92 Å². The SMILES string of the molecule is CCC(=O)C(C)NS(=O)(=O)NC(=O)OC(C)C. The van der Waals surface area contributed by atoms with Crippen LogP contribution in [0.3, 0.4) is 0 Å². The molecule has 17 heavy (non-hydrogen) atoms. The Morgan fingerprint density at radius 1 is 1.24 bits per heavy atom. The summed E-state index contributed by atoms with van der Waals surface area (Å²) >= 11 is 0. The standard InChI is InChI=1S/C9H18N2O5S/c1-5-8(12)7(4)10-17(14,15)11-9(13)16-6(2)3/h6-7,10H,5H2,1-4H3,(H,11,13). The van der Waals surface area contributed by atoms with Crippen LogP contribution in [0.25, 0.3) is 0 Å². The van der Waals surface area contributed by atoms with Crippen molar-refractivity contribution in [2.24, 2.45) is 0 Å². The van der Waals surface area contributed by atoms with Crippen LogP contribution in [0, 0.1) is 0 Å². The van der Waals surface area contributed by atoms with E-state index in [-0.39, 0.29) is 12.2 Å². The van der Waals surface area contributed by atoms with E-state index in [1.807, 2.05) is 4.72 Å². The van der Waals surface area contributed by atoms with Crippen LogP contribution < -0.4 is 9.44 Å². The third-order valence-corrected chi connectivity index (χ3v) is 2.82. The van der Waals surface area contributed by atoms with Gasteiger partial charge in [0.15, 0.2) is 0 Å². The van der Waals surface area contributed by atoms with E-state index < -0.39 is 28.4 Å². The molecule has 0 spiro atoms. The van der Waals surface area contributed by atoms with Crippen molar-refractivity contribution in [3.05, 3.63) is 0 Å². The molecule has 0 aromatic rings. The zero-order valence-electron chi connectivity index (χ0n) is 10.3. The molecular weight excluding hydrogens is 248 g/mol. The molecule has 0 radical (unpaired) electrons. The van der Waals surface area contributed by atoms with Crippen LogP contribution in [0.4, 0.5) is 4.79 Å². The average molecular weight is 266 g/mol. The number of ketones is 1. The van der Waals surface area contributed by atoms with Crippen molar-refractivity contribution in [2.75, 3.05) is 0 Å². The summed E-state index contributed by atoms with van der Waals surface area (Å²) in [7, 11) is -4.08. The van der Waals surface area contributed by atoms with E-state index in [1.54, 1.807) is 25.5 Å². The van der Waals surface area contributed by atoms with Crippen LogP contribution in [0.15, 0.2) is 0 Å². The van der Waals surface area contributed by atoms with Crippen molar-refractivity contribution in [1.82, 2.24) is 9.44 Å². The third kappa shape index (κ3) is 6.90. The first-order valence-corrected chi connectivity index (χ1v) is 6.69. The van der Waals surface area contributed by atoms with Crippen LogP contribution >= 0.6 is 0 Å². The number of ether oxygens (including phenoxy) is 1. The van der Waals surface area contributed by atoms with E-state index in [0.717, 1.165) is 0 Å². The Hall–Kier alpha value is -1.15. The van der Waals surface area contributed by atoms with Crippen molar-refractivity contribution in [3.63, 3.8) is 0 Å². The van der Waals surface area contributed by atoms with Gasteiger partial charge in [0, 0.05) is 6.42 Å². The monoisotopic (exact) mass is 266 g/mol. The molecule has 0 bridgehead atoms. The van der Waals surface area contributed by atoms with Crippen molar-refractivity contribution in [3.8, 4) is 0 Å². The highest BCUT2D eigenvalue weighted by Crippen LogP contribution is 1.94. The Balaban J connectivity index is 4.40. The Labute approximate surface area is 101 Å². The summed E-state index contributed by atoms with van der Waals surface area (Å²) in [4.78, 5) is 22.2. The first kappa shape index (κ1) is 15.9. The maximum atomic E-state index is 11.4. The Kier molecular flexibility index (Phi) is 6.11. The van der Waals surface area contributed by atoms with Gasteiger partial charge in [-0.3, -0.25) is 4.79 Å². The van der Waals surface area contributed by atoms with E-state index in [4.69, 9.17) is 0 Å². The van der Waals surface area contributed by atoms with Crippen LogP contribution in [0.2, 0.25) is 0 Å². The number of carbonyl (C=O) groups is 2. The molecule has 0 aromatic heterocycles. The molecule has 0 aliphatic carbocycles. The minimum absolute atomic E-state index is 0.208. The molecular formula is C9H18N2O5S. The molecule has 0 saturated heterocycles. The molecule has 0 aliphatic rings. The molecule has 8 heteroatoms. The van der Waals surface area contributed by atoms with Crippen molar-refractivity contribution < 1.29 is 22.7 Å². The maximum Gasteiger partial charge on any atom is 0.422 e. The minimum Gasteiger partial charge on any atom is -0.446 e. The van der Waals surface area contributed by atoms with Gasteiger partial charge in [0.05, 0.1) is 12.1 Å². The second-order valence-corrected chi connectivity index (χ2v) is 5.17. The Morgan fingerprint density at radius 2 is 1.76 bits per heavy atom. The second kappa shape index (κ2) is 6.55. The fourth-order valence-electron chi connectivity index (χ4n) is 0.982. The molecule has 0 aromatic carbocycles. The van der Waals surface area contributed by atoms with Crippen LogP contribution in [0.5, 0.6) is 0 Å². The number of rotatable bonds is 6. The molecule has 2 N–H and O–H groups in total. The summed E-state index contributed by atoms with van der Waals surface area (Å²) in [6.07, 6.45) is -1.30. The maximum absolute atomic E-state index is 11.4. The smallest absolute Gasteiger partial charge is 0.422 e. The van der Waals surface area contributed by atoms with E-state index >= 15 is 0 Å². The molecule has 100 valence electrons. The van der Waals surface area contributed by atoms with Crippen LogP contribution in [-0.4, -0.2) is 32.4 Å². The predicted octanol–water partition coefficient (Wildman–Crippen LogP) is 0.323. The van der Waals surface area contributed by atoms with E-state index in [2.05, 4.69) is 4.74 Å². The lowest BCUT2D eigenvalue weighted by atomic mass is 10.2. The van der Waals surface area contributed by atoms with Gasteiger partial charge in [-0.05, 0) is 20.8 Å². The number of Topliss-reactive ketones (excluding diaryl/α,β-unsaturated/α-hetero) is 1. The molecule has 0 rings (SSSR count). The van der Waals surface area contributed by atoms with Crippen LogP contribution in [-0.2, 0) is 19.7 Å². The second-order valence-electron chi connectivity index (χ2n) is 3.72. The Bertz CT molecular complexity index is 377. The van der Waals surface area contributed by atoms with Gasteiger partial charge < -0.3 is 4.74 Å². The number of hydrogen-bond acceptors (Lipinski definition) is 5. The van der Waals surface area contributed by atoms with Gasteiger partial charge in [-0.2, -0.15) is 13.1 Å². The lowest BCUT2D eigenvalue weighted by Gasteiger charge is -2.14. The van der Waals surface area contributed by atoms with Gasteiger partial charge in [-0.25, -0.2) is 9.52 Å². The number of amides is 1. The fraction of sp³-hybridized carbons (Fsp3) is 0.778. The summed E-state index contributed by atoms with van der Waals surface area (Å²) in [5.74, 6) is -0.271. The van der Waals surface area contributed by atoms with Gasteiger partial charge in [0.2, 0.25) is 0 Å². The number of hydrogen-bond donors (Lipinski definition) is 2. The highest BCUT2D eigenvalue weighted by Gasteiger charge is 2.21. The molecule has 0 heterocycles. The van der Waals surface area contributed by atoms with Crippen molar-refractivity contribution in [2.45, 2.75) is 46.3 Å². The Morgan fingerprint density at radius 3 is 2.18 bits per heavy atom. The molecule has 0 aliphatic heterocycles. The fourth-order valence-corrected chi connectivity index (χ4v) is 1.91. The highest BCUT2D eigenvalue weighted by molar-refractivity contribution is 7.88. The zero-order valence-corrected chi connectivity index (χ0v) is 11.1. The largest absolute Gasteiger partial charge is 0.446 e. The van der Waals surface area contributed by atoms with Gasteiger partial charge >= 0.3 is 16.3 Å². The molecule has 0 fully saturated rings. The summed E-state index contributed by atoms with van der Waals surface area (Å²) in [5.41, 5.74) is 0. The van der Waals surface area contributed by atoms with Crippen molar-refractivity contribution >= 4 is 22.1 Å². The number of nitrogens with one attached hydrogen (secondary N) is 2. The molecule has 0 saturated carbocycles. The molecule has 1 unspecified atom stereocenters. The van der Waals surface area contributed by atoms with Crippen LogP contribution in [0.1, 0.15) is 34.1 Å². The zero-order chi connectivity index (χ0) is 13.6. The van der Waals surface area contributed by atoms with E-state index in [0.29, 0.717) is 0 Å². The lowest BCUT2D eigenvalue weighted by molar-refractivity contribution is -0.119. The van der Waals surface area contributed by atoms with Crippen molar-refractivity contribution in [1.29, 1.82) is 0 Å². The summed E-state index contributed by atoms with van der Waals surface area (Å²) in [6, 6.07) is -0.885. The summed E-state index contributed by atoms with van der Waals surface area (Å²) in [5, 5.41) is 0. The first-order chi connectivity index (χ1) is 7.68. The summed E-state index contributed by atoms with van der Waals surface area (Å²) < 4.78 is 31.0. The van der Waals surface area contributed by atoms with Gasteiger partial charge in [-0.1, -0.05) is 6.92 Å². The normalized spacial score (nSPS) is 13.2. The first-order valence-electron chi connectivity index (χ1n) is 5.21. The summed E-state index contributed by atoms with van der Waals surface area (Å²) in [6.45, 7) is 6.19. The quantitative estimate of drug-likeness (QED) is 0.721. The van der Waals surface area contributed by atoms with Gasteiger partial charge in [0.25, 0.3) is 0 Å².